The van der Waals surface area contributed by atoms with E-state index in [1.807, 2.05) is 0 Å². The standard InChI is InChI=1S/C18H23ClO/c1-10(2)20-14-7-5-11(6-8-14)18(19)17-15-12-3-4-13(9-12)16(15)17/h5-8,10,12-13,15-18H,3-4,9H2,1-2H3. The van der Waals surface area contributed by atoms with Crippen LogP contribution in [-0.2, 0) is 0 Å². The van der Waals surface area contributed by atoms with Gasteiger partial charge < -0.3 is 4.74 Å². The van der Waals surface area contributed by atoms with Crippen LogP contribution in [0.1, 0.15) is 44.1 Å². The molecule has 0 aliphatic heterocycles. The molecule has 108 valence electrons. The first-order valence-electron chi connectivity index (χ1n) is 8.06. The Morgan fingerprint density at radius 1 is 1.05 bits per heavy atom. The van der Waals surface area contributed by atoms with E-state index >= 15 is 0 Å². The summed E-state index contributed by atoms with van der Waals surface area (Å²) in [7, 11) is 0. The molecule has 5 unspecified atom stereocenters. The second-order valence-corrected chi connectivity index (χ2v) is 7.67. The molecule has 2 heteroatoms. The Labute approximate surface area is 126 Å². The van der Waals surface area contributed by atoms with Crippen LogP contribution in [0.2, 0.25) is 0 Å². The van der Waals surface area contributed by atoms with Crippen molar-refractivity contribution in [2.24, 2.45) is 29.6 Å². The highest BCUT2D eigenvalue weighted by Gasteiger charge is 2.66. The number of halogens is 1. The maximum atomic E-state index is 6.78. The third kappa shape index (κ3) is 1.97. The van der Waals surface area contributed by atoms with Crippen molar-refractivity contribution in [1.82, 2.24) is 0 Å². The van der Waals surface area contributed by atoms with Crippen LogP contribution >= 0.6 is 11.6 Å². The van der Waals surface area contributed by atoms with Gasteiger partial charge in [-0.1, -0.05) is 12.1 Å². The SMILES string of the molecule is CC(C)Oc1ccc(C(Cl)C2C3C4CCC(C4)C32)cc1. The van der Waals surface area contributed by atoms with Crippen LogP contribution < -0.4 is 4.74 Å². The number of fused-ring (bicyclic) bond motifs is 5. The van der Waals surface area contributed by atoms with E-state index < -0.39 is 0 Å². The largest absolute Gasteiger partial charge is 0.491 e. The monoisotopic (exact) mass is 290 g/mol. The van der Waals surface area contributed by atoms with Gasteiger partial charge >= 0.3 is 0 Å². The summed E-state index contributed by atoms with van der Waals surface area (Å²) >= 11 is 6.78. The highest BCUT2D eigenvalue weighted by molar-refractivity contribution is 6.21. The first kappa shape index (κ1) is 13.0. The predicted molar refractivity (Wildman–Crippen MR) is 82.1 cm³/mol. The van der Waals surface area contributed by atoms with Crippen LogP contribution in [0.3, 0.4) is 0 Å². The Morgan fingerprint density at radius 3 is 2.20 bits per heavy atom. The van der Waals surface area contributed by atoms with Crippen LogP contribution in [-0.4, -0.2) is 6.10 Å². The molecule has 3 saturated carbocycles. The molecular weight excluding hydrogens is 268 g/mol. The minimum absolute atomic E-state index is 0.210. The van der Waals surface area contributed by atoms with Crippen molar-refractivity contribution in [2.75, 3.05) is 0 Å². The zero-order valence-electron chi connectivity index (χ0n) is 12.3. The zero-order valence-corrected chi connectivity index (χ0v) is 13.0. The van der Waals surface area contributed by atoms with Gasteiger partial charge in [-0.25, -0.2) is 0 Å². The van der Waals surface area contributed by atoms with Crippen molar-refractivity contribution >= 4 is 11.6 Å². The lowest BCUT2D eigenvalue weighted by atomic mass is 9.97. The van der Waals surface area contributed by atoms with Crippen LogP contribution in [0.25, 0.3) is 0 Å². The molecule has 1 aromatic rings. The van der Waals surface area contributed by atoms with Crippen molar-refractivity contribution in [2.45, 2.75) is 44.6 Å². The smallest absolute Gasteiger partial charge is 0.119 e. The van der Waals surface area contributed by atoms with E-state index in [0.717, 1.165) is 35.3 Å². The summed E-state index contributed by atoms with van der Waals surface area (Å²) < 4.78 is 5.70. The summed E-state index contributed by atoms with van der Waals surface area (Å²) in [6.45, 7) is 4.11. The highest BCUT2D eigenvalue weighted by Crippen LogP contribution is 2.73. The molecule has 3 fully saturated rings. The van der Waals surface area contributed by atoms with Gasteiger partial charge in [0.25, 0.3) is 0 Å². The predicted octanol–water partition coefficient (Wildman–Crippen LogP) is 5.05. The molecule has 0 amide bonds. The highest BCUT2D eigenvalue weighted by atomic mass is 35.5. The molecular formula is C18H23ClO. The van der Waals surface area contributed by atoms with Crippen LogP contribution in [0.5, 0.6) is 5.75 Å². The van der Waals surface area contributed by atoms with E-state index in [9.17, 15) is 0 Å². The molecule has 0 spiro atoms. The van der Waals surface area contributed by atoms with E-state index in [0.29, 0.717) is 0 Å². The van der Waals surface area contributed by atoms with Crippen LogP contribution in [0.4, 0.5) is 0 Å². The number of hydrogen-bond acceptors (Lipinski definition) is 1. The maximum Gasteiger partial charge on any atom is 0.119 e. The fourth-order valence-corrected chi connectivity index (χ4v) is 5.49. The van der Waals surface area contributed by atoms with Gasteiger partial charge in [-0.3, -0.25) is 0 Å². The topological polar surface area (TPSA) is 9.23 Å². The van der Waals surface area contributed by atoms with Crippen molar-refractivity contribution < 1.29 is 4.74 Å². The quantitative estimate of drug-likeness (QED) is 0.705. The number of ether oxygens (including phenoxy) is 1. The fraction of sp³-hybridized carbons (Fsp3) is 0.667. The Morgan fingerprint density at radius 2 is 1.65 bits per heavy atom. The molecule has 1 nitrogen and oxygen atoms in total. The molecule has 0 radical (unpaired) electrons. The summed E-state index contributed by atoms with van der Waals surface area (Å²) in [5.41, 5.74) is 1.28. The van der Waals surface area contributed by atoms with E-state index in [4.69, 9.17) is 16.3 Å². The Hall–Kier alpha value is -0.690. The first-order chi connectivity index (χ1) is 9.65. The number of hydrogen-bond donors (Lipinski definition) is 0. The lowest BCUT2D eigenvalue weighted by molar-refractivity contribution is 0.242. The normalized spacial score (nSPS) is 38.9. The van der Waals surface area contributed by atoms with E-state index in [-0.39, 0.29) is 11.5 Å². The van der Waals surface area contributed by atoms with Gasteiger partial charge in [0.05, 0.1) is 11.5 Å². The minimum Gasteiger partial charge on any atom is -0.491 e. The van der Waals surface area contributed by atoms with Gasteiger partial charge in [0.15, 0.2) is 0 Å². The fourth-order valence-electron chi connectivity index (χ4n) is 5.01. The van der Waals surface area contributed by atoms with Crippen LogP contribution in [0, 0.1) is 29.6 Å². The molecule has 20 heavy (non-hydrogen) atoms. The summed E-state index contributed by atoms with van der Waals surface area (Å²) in [4.78, 5) is 0. The molecule has 0 saturated heterocycles. The van der Waals surface area contributed by atoms with Gasteiger partial charge in [-0.15, -0.1) is 11.6 Å². The van der Waals surface area contributed by atoms with E-state index in [2.05, 4.69) is 38.1 Å². The number of rotatable bonds is 4. The van der Waals surface area contributed by atoms with E-state index in [1.54, 1.807) is 0 Å². The lowest BCUT2D eigenvalue weighted by Gasteiger charge is -2.16. The van der Waals surface area contributed by atoms with Gasteiger partial charge in [-0.05, 0) is 80.4 Å². The number of benzene rings is 1. The summed E-state index contributed by atoms with van der Waals surface area (Å²) in [6, 6.07) is 8.45. The molecule has 4 rings (SSSR count). The molecule has 3 aliphatic rings. The molecule has 0 N–H and O–H groups in total. The van der Waals surface area contributed by atoms with Gasteiger partial charge in [0.2, 0.25) is 0 Å². The zero-order chi connectivity index (χ0) is 13.9. The average Bonchev–Trinajstić information content (AvgIpc) is 2.86. The van der Waals surface area contributed by atoms with Gasteiger partial charge in [-0.2, -0.15) is 0 Å². The lowest BCUT2D eigenvalue weighted by Crippen LogP contribution is -2.06. The third-order valence-corrected chi connectivity index (χ3v) is 6.25. The third-order valence-electron chi connectivity index (χ3n) is 5.70. The average molecular weight is 291 g/mol. The Kier molecular flexibility index (Phi) is 3.03. The molecule has 0 aromatic heterocycles. The van der Waals surface area contributed by atoms with E-state index in [1.165, 1.54) is 24.8 Å². The van der Waals surface area contributed by atoms with Crippen molar-refractivity contribution in [3.63, 3.8) is 0 Å². The van der Waals surface area contributed by atoms with Crippen molar-refractivity contribution in [3.05, 3.63) is 29.8 Å². The summed E-state index contributed by atoms with van der Waals surface area (Å²) in [6.07, 6.45) is 4.66. The first-order valence-corrected chi connectivity index (χ1v) is 8.49. The molecule has 0 heterocycles. The second kappa shape index (κ2) is 4.66. The molecule has 1 aromatic carbocycles. The maximum absolute atomic E-state index is 6.78. The van der Waals surface area contributed by atoms with Gasteiger partial charge in [0, 0.05) is 0 Å². The number of alkyl halides is 1. The summed E-state index contributed by atoms with van der Waals surface area (Å²) in [5.74, 6) is 5.59. The summed E-state index contributed by atoms with van der Waals surface area (Å²) in [5, 5.41) is 0.210. The Balaban J connectivity index is 1.46. The van der Waals surface area contributed by atoms with Crippen molar-refractivity contribution in [1.29, 1.82) is 0 Å². The van der Waals surface area contributed by atoms with Gasteiger partial charge in [0.1, 0.15) is 5.75 Å². The van der Waals surface area contributed by atoms with Crippen molar-refractivity contribution in [3.8, 4) is 5.75 Å². The minimum atomic E-state index is 0.210. The molecule has 5 atom stereocenters. The molecule has 3 aliphatic carbocycles. The van der Waals surface area contributed by atoms with Crippen LogP contribution in [0.15, 0.2) is 24.3 Å². The Bertz CT molecular complexity index is 479. The second-order valence-electron chi connectivity index (χ2n) is 7.20. The molecule has 2 bridgehead atoms.